The van der Waals surface area contributed by atoms with Gasteiger partial charge in [0.2, 0.25) is 0 Å². The highest BCUT2D eigenvalue weighted by Gasteiger charge is 2.32. The molecule has 1 N–H and O–H groups in total. The van der Waals surface area contributed by atoms with E-state index in [0.717, 1.165) is 16.9 Å². The molecule has 0 saturated heterocycles. The average molecular weight is 440 g/mol. The van der Waals surface area contributed by atoms with Crippen LogP contribution >= 0.6 is 54.8 Å². The van der Waals surface area contributed by atoms with E-state index < -0.39 is 15.6 Å². The standard InChI is InChI=1S/C10H14Br2ClNO2S2/c1-3-10(5-11,6-12)14-18(15,16)8-4-7(2)9(13)17-8/h4,14H,3,5-6H2,1-2H3. The number of aryl methyl sites for hydroxylation is 1. The van der Waals surface area contributed by atoms with Crippen molar-refractivity contribution in [2.75, 3.05) is 10.7 Å². The van der Waals surface area contributed by atoms with E-state index in [1.54, 1.807) is 13.0 Å². The van der Waals surface area contributed by atoms with E-state index in [4.69, 9.17) is 11.6 Å². The first-order chi connectivity index (χ1) is 8.30. The summed E-state index contributed by atoms with van der Waals surface area (Å²) < 4.78 is 28.1. The minimum Gasteiger partial charge on any atom is -0.206 e. The van der Waals surface area contributed by atoms with Gasteiger partial charge in [-0.2, -0.15) is 0 Å². The molecule has 0 spiro atoms. The first-order valence-corrected chi connectivity index (χ1v) is 10.1. The Labute approximate surface area is 134 Å². The second-order valence-electron chi connectivity index (χ2n) is 4.03. The molecule has 104 valence electrons. The van der Waals surface area contributed by atoms with Crippen molar-refractivity contribution in [3.05, 3.63) is 16.0 Å². The van der Waals surface area contributed by atoms with Crippen LogP contribution in [-0.2, 0) is 10.0 Å². The van der Waals surface area contributed by atoms with Crippen LogP contribution in [0.25, 0.3) is 0 Å². The molecule has 0 aliphatic carbocycles. The topological polar surface area (TPSA) is 46.2 Å². The van der Waals surface area contributed by atoms with Gasteiger partial charge in [0.15, 0.2) is 0 Å². The highest BCUT2D eigenvalue weighted by Crippen LogP contribution is 2.31. The van der Waals surface area contributed by atoms with E-state index in [2.05, 4.69) is 36.6 Å². The molecule has 3 nitrogen and oxygen atoms in total. The largest absolute Gasteiger partial charge is 0.250 e. The quantitative estimate of drug-likeness (QED) is 0.683. The predicted molar refractivity (Wildman–Crippen MR) is 85.0 cm³/mol. The van der Waals surface area contributed by atoms with Gasteiger partial charge >= 0.3 is 0 Å². The van der Waals surface area contributed by atoms with Crippen molar-refractivity contribution in [2.24, 2.45) is 0 Å². The summed E-state index contributed by atoms with van der Waals surface area (Å²) in [6.07, 6.45) is 0.681. The van der Waals surface area contributed by atoms with Gasteiger partial charge in [-0.3, -0.25) is 0 Å². The zero-order valence-corrected chi connectivity index (χ0v) is 15.5. The van der Waals surface area contributed by atoms with Crippen molar-refractivity contribution < 1.29 is 8.42 Å². The molecule has 1 rings (SSSR count). The number of sulfonamides is 1. The van der Waals surface area contributed by atoms with Crippen molar-refractivity contribution in [3.8, 4) is 0 Å². The molecule has 0 bridgehead atoms. The SMILES string of the molecule is CCC(CBr)(CBr)NS(=O)(=O)c1cc(C)c(Cl)s1. The molecule has 0 fully saturated rings. The summed E-state index contributed by atoms with van der Waals surface area (Å²) in [6.45, 7) is 3.73. The van der Waals surface area contributed by atoms with E-state index >= 15 is 0 Å². The van der Waals surface area contributed by atoms with Gasteiger partial charge in [-0.25, -0.2) is 13.1 Å². The lowest BCUT2D eigenvalue weighted by molar-refractivity contribution is 0.460. The lowest BCUT2D eigenvalue weighted by Gasteiger charge is -2.29. The number of nitrogens with one attached hydrogen (secondary N) is 1. The van der Waals surface area contributed by atoms with Crippen molar-refractivity contribution >= 4 is 64.8 Å². The number of alkyl halides is 2. The fourth-order valence-corrected chi connectivity index (χ4v) is 6.80. The monoisotopic (exact) mass is 437 g/mol. The first kappa shape index (κ1) is 16.9. The van der Waals surface area contributed by atoms with Crippen LogP contribution < -0.4 is 4.72 Å². The van der Waals surface area contributed by atoms with Gasteiger partial charge in [0.25, 0.3) is 10.0 Å². The molecule has 18 heavy (non-hydrogen) atoms. The summed E-state index contributed by atoms with van der Waals surface area (Å²) >= 11 is 13.7. The molecule has 0 radical (unpaired) electrons. The van der Waals surface area contributed by atoms with E-state index in [-0.39, 0.29) is 4.21 Å². The van der Waals surface area contributed by atoms with E-state index in [9.17, 15) is 8.42 Å². The normalized spacial score (nSPS) is 12.9. The molecule has 1 heterocycles. The average Bonchev–Trinajstić information content (AvgIpc) is 2.68. The Balaban J connectivity index is 3.08. The zero-order chi connectivity index (χ0) is 14.0. The van der Waals surface area contributed by atoms with Crippen LogP contribution in [0.15, 0.2) is 10.3 Å². The fraction of sp³-hybridized carbons (Fsp3) is 0.600. The molecule has 0 amide bonds. The Bertz CT molecular complexity index is 484. The van der Waals surface area contributed by atoms with E-state index in [0.29, 0.717) is 21.4 Å². The van der Waals surface area contributed by atoms with Crippen LogP contribution in [0.1, 0.15) is 18.9 Å². The molecule has 0 unspecified atom stereocenters. The Morgan fingerprint density at radius 1 is 1.44 bits per heavy atom. The maximum Gasteiger partial charge on any atom is 0.250 e. The molecule has 0 aromatic carbocycles. The van der Waals surface area contributed by atoms with Gasteiger partial charge in [0.05, 0.1) is 9.88 Å². The Hall–Kier alpha value is 0.860. The number of hydrogen-bond donors (Lipinski definition) is 1. The number of thiophene rings is 1. The van der Waals surface area contributed by atoms with Crippen molar-refractivity contribution in [2.45, 2.75) is 30.0 Å². The molecular weight excluding hydrogens is 426 g/mol. The van der Waals surface area contributed by atoms with E-state index in [1.165, 1.54) is 0 Å². The van der Waals surface area contributed by atoms with Crippen LogP contribution in [0.3, 0.4) is 0 Å². The molecule has 0 aliphatic rings. The summed E-state index contributed by atoms with van der Waals surface area (Å²) in [5.74, 6) is 0. The summed E-state index contributed by atoms with van der Waals surface area (Å²) in [5.41, 5.74) is 0.255. The molecular formula is C10H14Br2ClNO2S2. The molecule has 0 saturated carbocycles. The summed E-state index contributed by atoms with van der Waals surface area (Å²) in [7, 11) is -3.53. The Kier molecular flexibility index (Phi) is 6.15. The van der Waals surface area contributed by atoms with Crippen molar-refractivity contribution in [3.63, 3.8) is 0 Å². The van der Waals surface area contributed by atoms with Gasteiger partial charge in [0, 0.05) is 10.7 Å². The second kappa shape index (κ2) is 6.54. The van der Waals surface area contributed by atoms with Gasteiger partial charge in [-0.1, -0.05) is 50.4 Å². The minimum atomic E-state index is -3.53. The maximum atomic E-state index is 12.3. The Morgan fingerprint density at radius 3 is 2.33 bits per heavy atom. The number of halogens is 3. The fourth-order valence-electron chi connectivity index (χ4n) is 1.25. The molecule has 0 aliphatic heterocycles. The molecule has 0 atom stereocenters. The van der Waals surface area contributed by atoms with Gasteiger partial charge in [-0.05, 0) is 25.0 Å². The van der Waals surface area contributed by atoms with Gasteiger partial charge in [0.1, 0.15) is 4.21 Å². The highest BCUT2D eigenvalue weighted by molar-refractivity contribution is 9.09. The minimum absolute atomic E-state index is 0.254. The molecule has 1 aromatic rings. The summed E-state index contributed by atoms with van der Waals surface area (Å²) in [4.78, 5) is 0. The lowest BCUT2D eigenvalue weighted by atomic mass is 10.0. The molecule has 1 aromatic heterocycles. The smallest absolute Gasteiger partial charge is 0.206 e. The number of rotatable bonds is 6. The van der Waals surface area contributed by atoms with Crippen LogP contribution in [-0.4, -0.2) is 24.6 Å². The predicted octanol–water partition coefficient (Wildman–Crippen LogP) is 3.93. The van der Waals surface area contributed by atoms with E-state index in [1.807, 2.05) is 6.92 Å². The third kappa shape index (κ3) is 3.70. The third-order valence-electron chi connectivity index (χ3n) is 2.64. The van der Waals surface area contributed by atoms with Crippen LogP contribution in [0, 0.1) is 6.92 Å². The van der Waals surface area contributed by atoms with Crippen LogP contribution in [0.5, 0.6) is 0 Å². The van der Waals surface area contributed by atoms with Crippen LogP contribution in [0.4, 0.5) is 0 Å². The first-order valence-electron chi connectivity index (χ1n) is 5.22. The van der Waals surface area contributed by atoms with Gasteiger partial charge in [-0.15, -0.1) is 11.3 Å². The number of hydrogen-bond acceptors (Lipinski definition) is 3. The second-order valence-corrected chi connectivity index (χ2v) is 8.71. The zero-order valence-electron chi connectivity index (χ0n) is 9.97. The van der Waals surface area contributed by atoms with Gasteiger partial charge < -0.3 is 0 Å². The third-order valence-corrected chi connectivity index (χ3v) is 8.39. The highest BCUT2D eigenvalue weighted by atomic mass is 79.9. The Morgan fingerprint density at radius 2 is 2.00 bits per heavy atom. The van der Waals surface area contributed by atoms with Crippen molar-refractivity contribution in [1.82, 2.24) is 4.72 Å². The maximum absolute atomic E-state index is 12.3. The van der Waals surface area contributed by atoms with Crippen LogP contribution in [0.2, 0.25) is 4.34 Å². The van der Waals surface area contributed by atoms with Crippen molar-refractivity contribution in [1.29, 1.82) is 0 Å². The summed E-state index contributed by atoms with van der Waals surface area (Å²) in [6, 6.07) is 1.60. The molecule has 8 heteroatoms. The lowest BCUT2D eigenvalue weighted by Crippen LogP contribution is -2.50. The summed E-state index contributed by atoms with van der Waals surface area (Å²) in [5, 5.41) is 1.08.